The molecular formula is C16H19ClN4O2. The summed E-state index contributed by atoms with van der Waals surface area (Å²) >= 11 is 5.92. The lowest BCUT2D eigenvalue weighted by molar-refractivity contribution is -0.128. The number of amidine groups is 1. The van der Waals surface area contributed by atoms with Gasteiger partial charge in [-0.15, -0.1) is 0 Å². The molecule has 1 aromatic rings. The molecule has 0 atom stereocenters. The fourth-order valence-corrected chi connectivity index (χ4v) is 3.30. The minimum absolute atomic E-state index is 0.248. The smallest absolute Gasteiger partial charge is 0.331 e. The normalized spacial score (nSPS) is 20.0. The zero-order valence-electron chi connectivity index (χ0n) is 13.2. The highest BCUT2D eigenvalue weighted by Gasteiger charge is 2.50. The number of imide groups is 1. The van der Waals surface area contributed by atoms with Gasteiger partial charge in [0.25, 0.3) is 0 Å². The Labute approximate surface area is 140 Å². The monoisotopic (exact) mass is 334 g/mol. The first-order chi connectivity index (χ1) is 11.0. The van der Waals surface area contributed by atoms with Gasteiger partial charge in [0.2, 0.25) is 5.91 Å². The fraction of sp³-hybridized carbons (Fsp3) is 0.438. The summed E-state index contributed by atoms with van der Waals surface area (Å²) in [6, 6.07) is 6.98. The molecule has 6 nitrogen and oxygen atoms in total. The molecule has 1 N–H and O–H groups in total. The molecule has 0 spiro atoms. The van der Waals surface area contributed by atoms with Crippen LogP contribution in [0.15, 0.2) is 29.3 Å². The Morgan fingerprint density at radius 3 is 2.48 bits per heavy atom. The van der Waals surface area contributed by atoms with Crippen molar-refractivity contribution in [2.45, 2.75) is 26.7 Å². The molecule has 0 aromatic heterocycles. The van der Waals surface area contributed by atoms with Crippen LogP contribution in [-0.4, -0.2) is 36.0 Å². The van der Waals surface area contributed by atoms with Gasteiger partial charge in [-0.1, -0.05) is 25.4 Å². The molecule has 0 radical (unpaired) electrons. The Kier molecular flexibility index (Phi) is 4.02. The lowest BCUT2D eigenvalue weighted by Gasteiger charge is -2.46. The summed E-state index contributed by atoms with van der Waals surface area (Å²) in [5.41, 5.74) is 0.209. The molecule has 1 aromatic carbocycles. The number of halogens is 1. The Bertz CT molecular complexity index is 667. The van der Waals surface area contributed by atoms with Crippen LogP contribution in [0.5, 0.6) is 0 Å². The Morgan fingerprint density at radius 1 is 1.22 bits per heavy atom. The van der Waals surface area contributed by atoms with E-state index in [0.29, 0.717) is 37.0 Å². The number of fused-ring (bicyclic) bond motifs is 1. The van der Waals surface area contributed by atoms with E-state index >= 15 is 0 Å². The van der Waals surface area contributed by atoms with Gasteiger partial charge in [-0.25, -0.2) is 9.79 Å². The van der Waals surface area contributed by atoms with Crippen LogP contribution < -0.4 is 10.2 Å². The van der Waals surface area contributed by atoms with Crippen LogP contribution in [-0.2, 0) is 4.79 Å². The Balaban J connectivity index is 1.95. The second kappa shape index (κ2) is 5.85. The largest absolute Gasteiger partial charge is 0.334 e. The zero-order valence-corrected chi connectivity index (χ0v) is 13.9. The number of amides is 3. The first-order valence-corrected chi connectivity index (χ1v) is 8.08. The molecule has 0 bridgehead atoms. The SMILES string of the molecule is CCC1(CC)C(=O)NC(=O)N2CN(c3ccc(Cl)cc3)CN=C21. The van der Waals surface area contributed by atoms with E-state index in [-0.39, 0.29) is 5.91 Å². The molecule has 0 saturated carbocycles. The second-order valence-corrected chi connectivity index (χ2v) is 6.19. The van der Waals surface area contributed by atoms with Crippen molar-refractivity contribution < 1.29 is 9.59 Å². The molecular weight excluding hydrogens is 316 g/mol. The Morgan fingerprint density at radius 2 is 1.87 bits per heavy atom. The lowest BCUT2D eigenvalue weighted by atomic mass is 9.78. The van der Waals surface area contributed by atoms with Gasteiger partial charge in [-0.05, 0) is 37.1 Å². The molecule has 3 rings (SSSR count). The van der Waals surface area contributed by atoms with Crippen LogP contribution in [0.25, 0.3) is 0 Å². The van der Waals surface area contributed by atoms with Crippen molar-refractivity contribution in [1.29, 1.82) is 0 Å². The van der Waals surface area contributed by atoms with Gasteiger partial charge in [0.05, 0.1) is 0 Å². The number of nitrogens with zero attached hydrogens (tertiary/aromatic N) is 3. The number of carbonyl (C=O) groups is 2. The first kappa shape index (κ1) is 15.8. The average molecular weight is 335 g/mol. The number of aliphatic imine (C=N–C) groups is 1. The molecule has 122 valence electrons. The van der Waals surface area contributed by atoms with Crippen molar-refractivity contribution in [3.05, 3.63) is 29.3 Å². The summed E-state index contributed by atoms with van der Waals surface area (Å²) in [6.45, 7) is 4.67. The number of hydrogen-bond donors (Lipinski definition) is 1. The molecule has 1 saturated heterocycles. The molecule has 0 unspecified atom stereocenters. The molecule has 2 aliphatic rings. The highest BCUT2D eigenvalue weighted by atomic mass is 35.5. The van der Waals surface area contributed by atoms with Crippen molar-refractivity contribution in [3.63, 3.8) is 0 Å². The number of anilines is 1. The number of rotatable bonds is 3. The maximum Gasteiger partial charge on any atom is 0.331 e. The number of nitrogens with one attached hydrogen (secondary N) is 1. The second-order valence-electron chi connectivity index (χ2n) is 5.76. The summed E-state index contributed by atoms with van der Waals surface area (Å²) < 4.78 is 0. The third-order valence-corrected chi connectivity index (χ3v) is 4.94. The predicted molar refractivity (Wildman–Crippen MR) is 89.5 cm³/mol. The third-order valence-electron chi connectivity index (χ3n) is 4.69. The zero-order chi connectivity index (χ0) is 16.6. The van der Waals surface area contributed by atoms with Gasteiger partial charge in [0, 0.05) is 10.7 Å². The van der Waals surface area contributed by atoms with Crippen LogP contribution in [0.2, 0.25) is 5.02 Å². The topological polar surface area (TPSA) is 65.0 Å². The first-order valence-electron chi connectivity index (χ1n) is 7.70. The van der Waals surface area contributed by atoms with Crippen molar-refractivity contribution in [2.75, 3.05) is 18.2 Å². The van der Waals surface area contributed by atoms with Gasteiger partial charge in [-0.2, -0.15) is 0 Å². The van der Waals surface area contributed by atoms with E-state index in [1.165, 1.54) is 0 Å². The van der Waals surface area contributed by atoms with E-state index in [1.54, 1.807) is 17.0 Å². The minimum Gasteiger partial charge on any atom is -0.334 e. The molecule has 23 heavy (non-hydrogen) atoms. The third kappa shape index (κ3) is 2.47. The highest BCUT2D eigenvalue weighted by Crippen LogP contribution is 2.35. The molecule has 7 heteroatoms. The van der Waals surface area contributed by atoms with E-state index in [9.17, 15) is 9.59 Å². The van der Waals surface area contributed by atoms with Crippen LogP contribution >= 0.6 is 11.6 Å². The van der Waals surface area contributed by atoms with Crippen molar-refractivity contribution in [2.24, 2.45) is 10.4 Å². The molecule has 1 fully saturated rings. The van der Waals surface area contributed by atoms with Gasteiger partial charge in [0.1, 0.15) is 24.6 Å². The summed E-state index contributed by atoms with van der Waals surface area (Å²) in [6.07, 6.45) is 1.22. The molecule has 2 aliphatic heterocycles. The summed E-state index contributed by atoms with van der Waals surface area (Å²) in [4.78, 5) is 32.7. The van der Waals surface area contributed by atoms with E-state index in [4.69, 9.17) is 11.6 Å². The molecule has 3 amide bonds. The molecule has 0 aliphatic carbocycles. The number of hydrogen-bond acceptors (Lipinski definition) is 4. The van der Waals surface area contributed by atoms with Gasteiger partial charge < -0.3 is 4.90 Å². The van der Waals surface area contributed by atoms with E-state index in [0.717, 1.165) is 5.69 Å². The van der Waals surface area contributed by atoms with Gasteiger partial charge >= 0.3 is 6.03 Å². The van der Waals surface area contributed by atoms with Crippen molar-refractivity contribution in [3.8, 4) is 0 Å². The highest BCUT2D eigenvalue weighted by molar-refractivity contribution is 6.30. The summed E-state index contributed by atoms with van der Waals surface area (Å²) in [5.74, 6) is 0.337. The maximum atomic E-state index is 12.4. The fourth-order valence-electron chi connectivity index (χ4n) is 3.18. The van der Waals surface area contributed by atoms with E-state index in [2.05, 4.69) is 10.3 Å². The number of urea groups is 1. The van der Waals surface area contributed by atoms with Crippen molar-refractivity contribution in [1.82, 2.24) is 10.2 Å². The van der Waals surface area contributed by atoms with Crippen LogP contribution in [0.4, 0.5) is 10.5 Å². The molecule has 2 heterocycles. The summed E-state index contributed by atoms with van der Waals surface area (Å²) in [5, 5.41) is 3.13. The Hall–Kier alpha value is -2.08. The van der Waals surface area contributed by atoms with Gasteiger partial charge in [-0.3, -0.25) is 15.0 Å². The average Bonchev–Trinajstić information content (AvgIpc) is 2.56. The standard InChI is InChI=1S/C16H19ClN4O2/c1-3-16(4-2)13-18-9-20(12-7-5-11(17)6-8-12)10-21(13)15(23)19-14(16)22/h5-8H,3-4,9-10H2,1-2H3,(H,19,22,23). The number of benzene rings is 1. The summed E-state index contributed by atoms with van der Waals surface area (Å²) in [7, 11) is 0. The van der Waals surface area contributed by atoms with Crippen LogP contribution in [0, 0.1) is 5.41 Å². The lowest BCUT2D eigenvalue weighted by Crippen LogP contribution is -2.67. The van der Waals surface area contributed by atoms with Crippen LogP contribution in [0.3, 0.4) is 0 Å². The van der Waals surface area contributed by atoms with Crippen molar-refractivity contribution >= 4 is 35.1 Å². The predicted octanol–water partition coefficient (Wildman–Crippen LogP) is 2.83. The quantitative estimate of drug-likeness (QED) is 0.924. The maximum absolute atomic E-state index is 12.4. The van der Waals surface area contributed by atoms with Crippen LogP contribution in [0.1, 0.15) is 26.7 Å². The minimum atomic E-state index is -0.722. The van der Waals surface area contributed by atoms with E-state index < -0.39 is 11.4 Å². The van der Waals surface area contributed by atoms with E-state index in [1.807, 2.05) is 30.9 Å². The number of carbonyl (C=O) groups excluding carboxylic acids is 2. The van der Waals surface area contributed by atoms with Gasteiger partial charge in [0.15, 0.2) is 0 Å².